The van der Waals surface area contributed by atoms with Gasteiger partial charge in [0.05, 0.1) is 18.8 Å². The van der Waals surface area contributed by atoms with Gasteiger partial charge in [-0.05, 0) is 51.9 Å². The SMILES string of the molecule is CCCCC[C@H]1CCC[C@@](C#N)(CCC/C(C)=C/COC)O1. The van der Waals surface area contributed by atoms with Gasteiger partial charge in [0.15, 0.2) is 5.60 Å². The molecule has 0 aliphatic carbocycles. The summed E-state index contributed by atoms with van der Waals surface area (Å²) in [5.41, 5.74) is 0.807. The van der Waals surface area contributed by atoms with E-state index in [0.29, 0.717) is 12.7 Å². The van der Waals surface area contributed by atoms with E-state index >= 15 is 0 Å². The monoisotopic (exact) mass is 307 g/mol. The number of rotatable bonds is 10. The number of nitrogens with zero attached hydrogens (tertiary/aromatic N) is 1. The molecule has 126 valence electrons. The maximum Gasteiger partial charge on any atom is 0.154 e. The molecule has 1 fully saturated rings. The number of nitriles is 1. The van der Waals surface area contributed by atoms with E-state index in [1.54, 1.807) is 7.11 Å². The molecule has 0 spiro atoms. The van der Waals surface area contributed by atoms with Crippen LogP contribution in [-0.4, -0.2) is 25.4 Å². The summed E-state index contributed by atoms with van der Waals surface area (Å²) in [6.07, 6.45) is 13.3. The summed E-state index contributed by atoms with van der Waals surface area (Å²) >= 11 is 0. The molecular weight excluding hydrogens is 274 g/mol. The molecule has 1 saturated heterocycles. The van der Waals surface area contributed by atoms with Crippen LogP contribution in [0.1, 0.15) is 78.1 Å². The van der Waals surface area contributed by atoms with Crippen LogP contribution in [0.4, 0.5) is 0 Å². The summed E-state index contributed by atoms with van der Waals surface area (Å²) in [5, 5.41) is 9.63. The van der Waals surface area contributed by atoms with Crippen molar-refractivity contribution in [1.82, 2.24) is 0 Å². The molecule has 1 aliphatic heterocycles. The summed E-state index contributed by atoms with van der Waals surface area (Å²) in [7, 11) is 1.71. The van der Waals surface area contributed by atoms with Crippen molar-refractivity contribution in [2.45, 2.75) is 89.8 Å². The van der Waals surface area contributed by atoms with Crippen LogP contribution in [-0.2, 0) is 9.47 Å². The second-order valence-corrected chi connectivity index (χ2v) is 6.59. The second-order valence-electron chi connectivity index (χ2n) is 6.59. The molecule has 1 aliphatic rings. The van der Waals surface area contributed by atoms with E-state index in [0.717, 1.165) is 44.9 Å². The average molecular weight is 307 g/mol. The van der Waals surface area contributed by atoms with Crippen molar-refractivity contribution >= 4 is 0 Å². The third-order valence-electron chi connectivity index (χ3n) is 4.58. The average Bonchev–Trinajstić information content (AvgIpc) is 2.53. The smallest absolute Gasteiger partial charge is 0.154 e. The van der Waals surface area contributed by atoms with Gasteiger partial charge in [-0.15, -0.1) is 0 Å². The van der Waals surface area contributed by atoms with Crippen molar-refractivity contribution in [1.29, 1.82) is 5.26 Å². The molecule has 0 bridgehead atoms. The van der Waals surface area contributed by atoms with E-state index in [2.05, 4.69) is 26.0 Å². The zero-order valence-corrected chi connectivity index (χ0v) is 14.7. The van der Waals surface area contributed by atoms with Gasteiger partial charge in [0.2, 0.25) is 0 Å². The van der Waals surface area contributed by atoms with Crippen molar-refractivity contribution in [2.75, 3.05) is 13.7 Å². The highest BCUT2D eigenvalue weighted by Crippen LogP contribution is 2.34. The molecule has 3 heteroatoms. The Morgan fingerprint density at radius 1 is 1.41 bits per heavy atom. The Balaban J connectivity index is 2.41. The zero-order chi connectivity index (χ0) is 16.3. The Labute approximate surface area is 136 Å². The molecule has 22 heavy (non-hydrogen) atoms. The first kappa shape index (κ1) is 19.2. The molecule has 1 rings (SSSR count). The van der Waals surface area contributed by atoms with E-state index in [1.165, 1.54) is 24.8 Å². The van der Waals surface area contributed by atoms with Gasteiger partial charge >= 0.3 is 0 Å². The van der Waals surface area contributed by atoms with E-state index in [9.17, 15) is 5.26 Å². The number of unbranched alkanes of at least 4 members (excludes halogenated alkanes) is 2. The lowest BCUT2D eigenvalue weighted by Gasteiger charge is -2.36. The number of hydrogen-bond donors (Lipinski definition) is 0. The fourth-order valence-electron chi connectivity index (χ4n) is 3.18. The van der Waals surface area contributed by atoms with Crippen LogP contribution in [0.5, 0.6) is 0 Å². The van der Waals surface area contributed by atoms with Crippen molar-refractivity contribution < 1.29 is 9.47 Å². The van der Waals surface area contributed by atoms with Crippen LogP contribution in [0.25, 0.3) is 0 Å². The molecular formula is C19H33NO2. The topological polar surface area (TPSA) is 42.2 Å². The van der Waals surface area contributed by atoms with E-state index in [4.69, 9.17) is 9.47 Å². The highest BCUT2D eigenvalue weighted by Gasteiger charge is 2.36. The maximum atomic E-state index is 9.63. The molecule has 0 aromatic carbocycles. The Kier molecular flexibility index (Phi) is 9.43. The van der Waals surface area contributed by atoms with Gasteiger partial charge in [-0.1, -0.05) is 37.8 Å². The fourth-order valence-corrected chi connectivity index (χ4v) is 3.18. The van der Waals surface area contributed by atoms with Gasteiger partial charge in [0.1, 0.15) is 0 Å². The molecule has 0 aromatic heterocycles. The lowest BCUT2D eigenvalue weighted by molar-refractivity contribution is -0.102. The van der Waals surface area contributed by atoms with Crippen LogP contribution < -0.4 is 0 Å². The predicted octanol–water partition coefficient (Wildman–Crippen LogP) is 5.16. The summed E-state index contributed by atoms with van der Waals surface area (Å²) < 4.78 is 11.3. The molecule has 0 N–H and O–H groups in total. The first-order valence-corrected chi connectivity index (χ1v) is 8.89. The molecule has 0 saturated carbocycles. The first-order chi connectivity index (χ1) is 10.7. The number of hydrogen-bond acceptors (Lipinski definition) is 3. The Morgan fingerprint density at radius 3 is 2.91 bits per heavy atom. The molecule has 0 aromatic rings. The summed E-state index contributed by atoms with van der Waals surface area (Å²) in [4.78, 5) is 0. The Morgan fingerprint density at radius 2 is 2.23 bits per heavy atom. The van der Waals surface area contributed by atoms with Crippen LogP contribution in [0, 0.1) is 11.3 Å². The van der Waals surface area contributed by atoms with Crippen LogP contribution in [0.3, 0.4) is 0 Å². The van der Waals surface area contributed by atoms with Gasteiger partial charge < -0.3 is 9.47 Å². The number of methoxy groups -OCH3 is 1. The lowest BCUT2D eigenvalue weighted by Crippen LogP contribution is -2.39. The van der Waals surface area contributed by atoms with Crippen LogP contribution in [0.15, 0.2) is 11.6 Å². The Bertz CT molecular complexity index is 372. The number of ether oxygens (including phenoxy) is 2. The third kappa shape index (κ3) is 6.94. The van der Waals surface area contributed by atoms with E-state index in [-0.39, 0.29) is 0 Å². The Hall–Kier alpha value is -0.850. The highest BCUT2D eigenvalue weighted by molar-refractivity contribution is 5.05. The normalized spacial score (nSPS) is 25.9. The molecule has 0 amide bonds. The number of allylic oxidation sites excluding steroid dienone is 1. The standard InChI is InChI=1S/C19H33NO2/c1-4-5-6-10-18-11-8-14-19(16-20,22-18)13-7-9-17(2)12-15-21-3/h12,18H,4-11,13-15H2,1-3H3/b17-12+/t18-,19+/m0/s1. The van der Waals surface area contributed by atoms with Crippen molar-refractivity contribution in [3.63, 3.8) is 0 Å². The minimum atomic E-state index is -0.531. The molecule has 2 atom stereocenters. The zero-order valence-electron chi connectivity index (χ0n) is 14.7. The fraction of sp³-hybridized carbons (Fsp3) is 0.842. The van der Waals surface area contributed by atoms with E-state index in [1.807, 2.05) is 0 Å². The minimum Gasteiger partial charge on any atom is -0.381 e. The largest absolute Gasteiger partial charge is 0.381 e. The van der Waals surface area contributed by atoms with Gasteiger partial charge in [-0.3, -0.25) is 0 Å². The molecule has 0 radical (unpaired) electrons. The summed E-state index contributed by atoms with van der Waals surface area (Å²) in [6, 6.07) is 2.49. The van der Waals surface area contributed by atoms with Gasteiger partial charge in [-0.25, -0.2) is 0 Å². The third-order valence-corrected chi connectivity index (χ3v) is 4.58. The molecule has 1 heterocycles. The quantitative estimate of drug-likeness (QED) is 0.413. The predicted molar refractivity (Wildman–Crippen MR) is 90.7 cm³/mol. The maximum absolute atomic E-state index is 9.63. The van der Waals surface area contributed by atoms with Crippen LogP contribution >= 0.6 is 0 Å². The van der Waals surface area contributed by atoms with Crippen molar-refractivity contribution in [3.05, 3.63) is 11.6 Å². The van der Waals surface area contributed by atoms with Gasteiger partial charge in [0, 0.05) is 7.11 Å². The lowest BCUT2D eigenvalue weighted by atomic mass is 9.86. The molecule has 0 unspecified atom stereocenters. The van der Waals surface area contributed by atoms with Crippen molar-refractivity contribution in [3.8, 4) is 6.07 Å². The second kappa shape index (κ2) is 10.8. The molecule has 3 nitrogen and oxygen atoms in total. The first-order valence-electron chi connectivity index (χ1n) is 8.89. The summed E-state index contributed by atoms with van der Waals surface area (Å²) in [6.45, 7) is 5.03. The summed E-state index contributed by atoms with van der Waals surface area (Å²) in [5.74, 6) is 0. The van der Waals surface area contributed by atoms with Crippen LogP contribution in [0.2, 0.25) is 0 Å². The van der Waals surface area contributed by atoms with E-state index < -0.39 is 5.60 Å². The highest BCUT2D eigenvalue weighted by atomic mass is 16.5. The van der Waals surface area contributed by atoms with Gasteiger partial charge in [0.25, 0.3) is 0 Å². The van der Waals surface area contributed by atoms with Crippen molar-refractivity contribution in [2.24, 2.45) is 0 Å². The van der Waals surface area contributed by atoms with Gasteiger partial charge in [-0.2, -0.15) is 5.26 Å². The minimum absolute atomic E-state index is 0.296.